The van der Waals surface area contributed by atoms with Crippen LogP contribution >= 0.6 is 7.74 Å². The van der Waals surface area contributed by atoms with Gasteiger partial charge in [-0.2, -0.15) is 0 Å². The maximum atomic E-state index is 5.35. The topological polar surface area (TPSA) is 46.2 Å². The molecule has 0 radical (unpaired) electrons. The van der Waals surface area contributed by atoms with Crippen LogP contribution in [0, 0.1) is 0 Å². The van der Waals surface area contributed by atoms with Crippen molar-refractivity contribution < 1.29 is 22.6 Å². The molecule has 0 saturated carbocycles. The van der Waals surface area contributed by atoms with Gasteiger partial charge in [0.05, 0.1) is 0 Å². The number of hydrogen-bond donors (Lipinski definition) is 0. The second kappa shape index (κ2) is 5.20. The molecule has 13 heavy (non-hydrogen) atoms. The van der Waals surface area contributed by atoms with Crippen molar-refractivity contribution in [2.24, 2.45) is 0 Å². The Kier molecular flexibility index (Phi) is 5.29. The fourth-order valence-corrected chi connectivity index (χ4v) is 3.00. The van der Waals surface area contributed by atoms with E-state index in [1.54, 1.807) is 0 Å². The summed E-state index contributed by atoms with van der Waals surface area (Å²) in [5.41, 5.74) is 0. The maximum absolute atomic E-state index is 5.35. The molecular formula is C7H19O5P. The van der Waals surface area contributed by atoms with E-state index in [1.165, 1.54) is 21.3 Å². The molecule has 0 N–H and O–H groups in total. The van der Waals surface area contributed by atoms with Crippen LogP contribution in [0.3, 0.4) is 0 Å². The van der Waals surface area contributed by atoms with Crippen molar-refractivity contribution in [2.45, 2.75) is 13.8 Å². The fraction of sp³-hybridized carbons (Fsp3) is 1.00. The van der Waals surface area contributed by atoms with E-state index in [-0.39, 0.29) is 0 Å². The van der Waals surface area contributed by atoms with E-state index < -0.39 is 7.74 Å². The van der Waals surface area contributed by atoms with Gasteiger partial charge in [-0.1, -0.05) is 0 Å². The van der Waals surface area contributed by atoms with Crippen molar-refractivity contribution in [3.8, 4) is 0 Å². The van der Waals surface area contributed by atoms with Crippen LogP contribution in [0.2, 0.25) is 0 Å². The minimum atomic E-state index is -3.74. The van der Waals surface area contributed by atoms with Crippen molar-refractivity contribution in [3.63, 3.8) is 0 Å². The standard InChI is InChI=1S/C7H19O5P/c1-6-11-13(8-3,9-4,10-5)12-7-2/h6-7H2,1-5H3. The van der Waals surface area contributed by atoms with Crippen LogP contribution in [0.1, 0.15) is 13.8 Å². The first-order valence-electron chi connectivity index (χ1n) is 4.13. The molecule has 82 valence electrons. The first-order valence-corrected chi connectivity index (χ1v) is 5.95. The van der Waals surface area contributed by atoms with Crippen LogP contribution in [0.15, 0.2) is 0 Å². The molecule has 0 aromatic carbocycles. The summed E-state index contributed by atoms with van der Waals surface area (Å²) in [5, 5.41) is 0. The summed E-state index contributed by atoms with van der Waals surface area (Å²) in [5.74, 6) is 0. The zero-order valence-corrected chi connectivity index (χ0v) is 9.80. The van der Waals surface area contributed by atoms with E-state index in [1.807, 2.05) is 13.8 Å². The summed E-state index contributed by atoms with van der Waals surface area (Å²) < 4.78 is 26.1. The third-order valence-electron chi connectivity index (χ3n) is 1.57. The van der Waals surface area contributed by atoms with Gasteiger partial charge in [-0.25, -0.2) is 0 Å². The monoisotopic (exact) mass is 214 g/mol. The van der Waals surface area contributed by atoms with Gasteiger partial charge >= 0.3 is 78.7 Å². The molecule has 0 aliphatic rings. The summed E-state index contributed by atoms with van der Waals surface area (Å²) in [6.45, 7) is 4.43. The van der Waals surface area contributed by atoms with E-state index >= 15 is 0 Å². The molecule has 0 saturated heterocycles. The molecule has 0 amide bonds. The van der Waals surface area contributed by atoms with Gasteiger partial charge in [0.25, 0.3) is 0 Å². The number of rotatable bonds is 7. The third kappa shape index (κ3) is 2.59. The molecule has 0 atom stereocenters. The Balaban J connectivity index is 4.77. The zero-order valence-electron chi connectivity index (χ0n) is 8.90. The molecule has 6 heteroatoms. The van der Waals surface area contributed by atoms with Crippen LogP contribution in [0.5, 0.6) is 0 Å². The SMILES string of the molecule is CCOP(OC)(OC)(OC)OCC. The normalized spacial score (nSPS) is 15.3. The van der Waals surface area contributed by atoms with Crippen LogP contribution < -0.4 is 0 Å². The first kappa shape index (κ1) is 13.2. The van der Waals surface area contributed by atoms with E-state index in [0.717, 1.165) is 0 Å². The molecule has 0 aromatic heterocycles. The molecule has 0 fully saturated rings. The molecule has 0 unspecified atom stereocenters. The predicted molar refractivity (Wildman–Crippen MR) is 51.2 cm³/mol. The van der Waals surface area contributed by atoms with Crippen molar-refractivity contribution in [1.82, 2.24) is 0 Å². The summed E-state index contributed by atoms with van der Waals surface area (Å²) >= 11 is 0. The molecule has 0 rings (SSSR count). The molecule has 0 aromatic rings. The van der Waals surface area contributed by atoms with Gasteiger partial charge in [0, 0.05) is 0 Å². The Morgan fingerprint density at radius 3 is 1.23 bits per heavy atom. The fourth-order valence-electron chi connectivity index (χ4n) is 0.999. The van der Waals surface area contributed by atoms with E-state index in [9.17, 15) is 0 Å². The third-order valence-corrected chi connectivity index (χ3v) is 4.72. The Bertz CT molecular complexity index is 127. The molecule has 0 bridgehead atoms. The average Bonchev–Trinajstić information content (AvgIpc) is 2.18. The van der Waals surface area contributed by atoms with Gasteiger partial charge in [0.15, 0.2) is 0 Å². The Labute approximate surface area is 79.6 Å². The molecular weight excluding hydrogens is 195 g/mol. The molecule has 0 aliphatic heterocycles. The van der Waals surface area contributed by atoms with E-state index in [0.29, 0.717) is 13.2 Å². The van der Waals surface area contributed by atoms with Crippen LogP contribution in [-0.2, 0) is 22.6 Å². The van der Waals surface area contributed by atoms with Gasteiger partial charge in [-0.05, 0) is 0 Å². The second-order valence-electron chi connectivity index (χ2n) is 2.13. The summed E-state index contributed by atoms with van der Waals surface area (Å²) in [6, 6.07) is 0. The van der Waals surface area contributed by atoms with Crippen LogP contribution in [0.4, 0.5) is 0 Å². The average molecular weight is 214 g/mol. The summed E-state index contributed by atoms with van der Waals surface area (Å²) in [6.07, 6.45) is 0. The minimum absolute atomic E-state index is 0.396. The number of hydrogen-bond acceptors (Lipinski definition) is 5. The Hall–Kier alpha value is 0.230. The Morgan fingerprint density at radius 1 is 0.769 bits per heavy atom. The van der Waals surface area contributed by atoms with Crippen LogP contribution in [0.25, 0.3) is 0 Å². The quantitative estimate of drug-likeness (QED) is 0.607. The molecule has 0 aliphatic carbocycles. The molecule has 0 spiro atoms. The Morgan fingerprint density at radius 2 is 1.08 bits per heavy atom. The van der Waals surface area contributed by atoms with Gasteiger partial charge in [-0.3, -0.25) is 0 Å². The summed E-state index contributed by atoms with van der Waals surface area (Å²) in [4.78, 5) is 0. The van der Waals surface area contributed by atoms with Gasteiger partial charge in [0.2, 0.25) is 0 Å². The van der Waals surface area contributed by atoms with Gasteiger partial charge < -0.3 is 0 Å². The van der Waals surface area contributed by atoms with Crippen molar-refractivity contribution >= 4 is 7.74 Å². The first-order chi connectivity index (χ1) is 6.12. The van der Waals surface area contributed by atoms with E-state index in [4.69, 9.17) is 22.6 Å². The predicted octanol–water partition coefficient (Wildman–Crippen LogP) is 2.13. The van der Waals surface area contributed by atoms with Crippen molar-refractivity contribution in [3.05, 3.63) is 0 Å². The van der Waals surface area contributed by atoms with Gasteiger partial charge in [0.1, 0.15) is 0 Å². The van der Waals surface area contributed by atoms with Crippen molar-refractivity contribution in [2.75, 3.05) is 34.5 Å². The summed E-state index contributed by atoms with van der Waals surface area (Å²) in [7, 11) is 0.585. The zero-order chi connectivity index (χ0) is 10.4. The molecule has 0 heterocycles. The van der Waals surface area contributed by atoms with Crippen LogP contribution in [-0.4, -0.2) is 34.5 Å². The second-order valence-corrected chi connectivity index (χ2v) is 5.23. The van der Waals surface area contributed by atoms with Crippen molar-refractivity contribution in [1.29, 1.82) is 0 Å². The molecule has 5 nitrogen and oxygen atoms in total. The van der Waals surface area contributed by atoms with Gasteiger partial charge in [-0.15, -0.1) is 0 Å². The van der Waals surface area contributed by atoms with E-state index in [2.05, 4.69) is 0 Å².